The van der Waals surface area contributed by atoms with Gasteiger partial charge in [-0.2, -0.15) is 0 Å². The van der Waals surface area contributed by atoms with E-state index in [2.05, 4.69) is 63.1 Å². The summed E-state index contributed by atoms with van der Waals surface area (Å²) in [5.74, 6) is 3.24. The van der Waals surface area contributed by atoms with Crippen LogP contribution in [0.15, 0.2) is 71.2 Å². The molecule has 20 heavy (non-hydrogen) atoms. The Morgan fingerprint density at radius 1 is 0.750 bits per heavy atom. The van der Waals surface area contributed by atoms with Gasteiger partial charge in [0.05, 0.1) is 0 Å². The Balaban J connectivity index is 1.93. The second kappa shape index (κ2) is 6.29. The van der Waals surface area contributed by atoms with Crippen molar-refractivity contribution in [3.8, 4) is 10.7 Å². The van der Waals surface area contributed by atoms with Gasteiger partial charge in [0.25, 0.3) is 0 Å². The van der Waals surface area contributed by atoms with Crippen molar-refractivity contribution in [2.45, 2.75) is 0 Å². The fraction of sp³-hybridized carbons (Fsp3) is 0. The maximum absolute atomic E-state index is 3.61. The SMILES string of the molecule is Brc1cccc2c([Se]C#Cc3ccccc3)cccc12. The summed E-state index contributed by atoms with van der Waals surface area (Å²) in [4.78, 5) is 3.33. The van der Waals surface area contributed by atoms with E-state index in [4.69, 9.17) is 0 Å². The van der Waals surface area contributed by atoms with Crippen molar-refractivity contribution in [2.75, 3.05) is 0 Å². The van der Waals surface area contributed by atoms with E-state index in [1.807, 2.05) is 30.3 Å². The molecule has 0 bridgehead atoms. The zero-order valence-electron chi connectivity index (χ0n) is 10.6. The normalized spacial score (nSPS) is 10.1. The molecule has 0 aliphatic carbocycles. The van der Waals surface area contributed by atoms with Gasteiger partial charge in [0.15, 0.2) is 0 Å². The molecule has 2 heteroatoms. The van der Waals surface area contributed by atoms with Gasteiger partial charge in [-0.1, -0.05) is 0 Å². The topological polar surface area (TPSA) is 0 Å². The number of hydrogen-bond donors (Lipinski definition) is 0. The average molecular weight is 386 g/mol. The molecule has 0 heterocycles. The van der Waals surface area contributed by atoms with Crippen LogP contribution in [0, 0.1) is 10.7 Å². The van der Waals surface area contributed by atoms with E-state index in [1.54, 1.807) is 0 Å². The van der Waals surface area contributed by atoms with E-state index >= 15 is 0 Å². The summed E-state index contributed by atoms with van der Waals surface area (Å²) in [7, 11) is 0. The van der Waals surface area contributed by atoms with Crippen molar-refractivity contribution in [3.05, 3.63) is 76.8 Å². The Kier molecular flexibility index (Phi) is 4.23. The molecule has 0 saturated heterocycles. The van der Waals surface area contributed by atoms with Gasteiger partial charge in [-0.05, 0) is 0 Å². The molecule has 3 rings (SSSR count). The van der Waals surface area contributed by atoms with Crippen LogP contribution in [-0.4, -0.2) is 15.0 Å². The molecule has 0 aliphatic heterocycles. The second-order valence-electron chi connectivity index (χ2n) is 4.29. The van der Waals surface area contributed by atoms with Gasteiger partial charge in [0.1, 0.15) is 0 Å². The molecule has 0 aromatic heterocycles. The quantitative estimate of drug-likeness (QED) is 0.439. The second-order valence-corrected chi connectivity index (χ2v) is 6.92. The molecule has 0 N–H and O–H groups in total. The van der Waals surface area contributed by atoms with Crippen LogP contribution in [0.1, 0.15) is 5.56 Å². The summed E-state index contributed by atoms with van der Waals surface area (Å²) >= 11 is 3.77. The number of benzene rings is 3. The fourth-order valence-corrected chi connectivity index (χ4v) is 3.99. The summed E-state index contributed by atoms with van der Waals surface area (Å²) < 4.78 is 2.48. The van der Waals surface area contributed by atoms with Crippen LogP contribution in [0.3, 0.4) is 0 Å². The van der Waals surface area contributed by atoms with Gasteiger partial charge in [0, 0.05) is 0 Å². The van der Waals surface area contributed by atoms with Gasteiger partial charge in [-0.15, -0.1) is 0 Å². The minimum atomic E-state index is 0.163. The maximum atomic E-state index is 3.61. The number of fused-ring (bicyclic) bond motifs is 1. The molecular formula is C18H11BrSe. The van der Waals surface area contributed by atoms with E-state index < -0.39 is 0 Å². The molecule has 0 atom stereocenters. The van der Waals surface area contributed by atoms with Crippen molar-refractivity contribution in [1.29, 1.82) is 0 Å². The predicted molar refractivity (Wildman–Crippen MR) is 90.4 cm³/mol. The van der Waals surface area contributed by atoms with Crippen LogP contribution in [0.25, 0.3) is 10.8 Å². The van der Waals surface area contributed by atoms with Crippen LogP contribution < -0.4 is 4.46 Å². The van der Waals surface area contributed by atoms with Crippen LogP contribution >= 0.6 is 15.9 Å². The third-order valence-electron chi connectivity index (χ3n) is 2.96. The Labute approximate surface area is 133 Å². The average Bonchev–Trinajstić information content (AvgIpc) is 2.49. The van der Waals surface area contributed by atoms with Gasteiger partial charge in [-0.25, -0.2) is 0 Å². The molecule has 0 saturated carbocycles. The third kappa shape index (κ3) is 2.97. The summed E-state index contributed by atoms with van der Waals surface area (Å²) in [5.41, 5.74) is 1.08. The molecule has 0 nitrogen and oxygen atoms in total. The van der Waals surface area contributed by atoms with Crippen LogP contribution in [0.2, 0.25) is 0 Å². The Morgan fingerprint density at radius 3 is 2.35 bits per heavy atom. The zero-order chi connectivity index (χ0) is 13.8. The van der Waals surface area contributed by atoms with E-state index in [0.29, 0.717) is 0 Å². The molecule has 3 aromatic carbocycles. The number of halogens is 1. The number of rotatable bonds is 1. The summed E-state index contributed by atoms with van der Waals surface area (Å²) in [6, 6.07) is 22.9. The first-order valence-electron chi connectivity index (χ1n) is 6.25. The first-order chi connectivity index (χ1) is 9.84. The van der Waals surface area contributed by atoms with Gasteiger partial charge < -0.3 is 0 Å². The van der Waals surface area contributed by atoms with Crippen molar-refractivity contribution in [3.63, 3.8) is 0 Å². The first kappa shape index (κ1) is 13.5. The monoisotopic (exact) mass is 386 g/mol. The number of hydrogen-bond acceptors (Lipinski definition) is 0. The Bertz CT molecular complexity index is 798. The Morgan fingerprint density at radius 2 is 1.50 bits per heavy atom. The Hall–Kier alpha value is -1.52. The molecule has 0 fully saturated rings. The van der Waals surface area contributed by atoms with Gasteiger partial charge in [0.2, 0.25) is 0 Å². The molecule has 0 amide bonds. The molecule has 0 spiro atoms. The van der Waals surface area contributed by atoms with E-state index in [-0.39, 0.29) is 15.0 Å². The van der Waals surface area contributed by atoms with E-state index in [0.717, 1.165) is 10.0 Å². The third-order valence-corrected chi connectivity index (χ3v) is 5.29. The van der Waals surface area contributed by atoms with Crippen LogP contribution in [0.5, 0.6) is 0 Å². The summed E-state index contributed by atoms with van der Waals surface area (Å²) in [5, 5.41) is 2.55. The first-order valence-corrected chi connectivity index (χ1v) is 8.75. The minimum absolute atomic E-state index is 0.163. The molecule has 3 aromatic rings. The van der Waals surface area contributed by atoms with E-state index in [9.17, 15) is 0 Å². The molecule has 0 radical (unpaired) electrons. The van der Waals surface area contributed by atoms with Gasteiger partial charge in [-0.3, -0.25) is 0 Å². The summed E-state index contributed by atoms with van der Waals surface area (Å²) in [6.45, 7) is 0. The zero-order valence-corrected chi connectivity index (χ0v) is 13.9. The standard InChI is InChI=1S/C18H11BrSe/c19-17-10-4-9-16-15(17)8-5-11-18(16)20-13-12-14-6-2-1-3-7-14/h1-11H. The van der Waals surface area contributed by atoms with Gasteiger partial charge >= 0.3 is 134 Å². The van der Waals surface area contributed by atoms with Crippen LogP contribution in [0.4, 0.5) is 0 Å². The predicted octanol–water partition coefficient (Wildman–Crippen LogP) is 3.94. The molecule has 0 aliphatic rings. The molecule has 0 unspecified atom stereocenters. The van der Waals surface area contributed by atoms with E-state index in [1.165, 1.54) is 15.2 Å². The van der Waals surface area contributed by atoms with Crippen molar-refractivity contribution >= 4 is 46.1 Å². The van der Waals surface area contributed by atoms with Crippen molar-refractivity contribution in [1.82, 2.24) is 0 Å². The van der Waals surface area contributed by atoms with Crippen molar-refractivity contribution < 1.29 is 0 Å². The van der Waals surface area contributed by atoms with Crippen LogP contribution in [-0.2, 0) is 0 Å². The summed E-state index contributed by atoms with van der Waals surface area (Å²) in [6.07, 6.45) is 0. The molecule has 96 valence electrons. The molecular weight excluding hydrogens is 375 g/mol. The van der Waals surface area contributed by atoms with Crippen molar-refractivity contribution in [2.24, 2.45) is 0 Å². The fourth-order valence-electron chi connectivity index (χ4n) is 1.99.